The molecule has 0 aliphatic carbocycles. The van der Waals surface area contributed by atoms with E-state index in [4.69, 9.17) is 16.3 Å². The molecular formula is C10H13ClN2O3. The number of allylic oxidation sites excluding steroid dienone is 1. The van der Waals surface area contributed by atoms with Crippen LogP contribution in [0.2, 0.25) is 5.15 Å². The van der Waals surface area contributed by atoms with Crippen molar-refractivity contribution in [3.63, 3.8) is 0 Å². The molecule has 0 aliphatic rings. The summed E-state index contributed by atoms with van der Waals surface area (Å²) >= 11 is 5.95. The van der Waals surface area contributed by atoms with Crippen LogP contribution in [0.4, 0.5) is 0 Å². The Bertz CT molecular complexity index is 490. The van der Waals surface area contributed by atoms with Crippen LogP contribution in [0.15, 0.2) is 22.2 Å². The minimum absolute atomic E-state index is 0.0229. The lowest BCUT2D eigenvalue weighted by Gasteiger charge is -2.09. The maximum absolute atomic E-state index is 11.4. The third-order valence-corrected chi connectivity index (χ3v) is 2.43. The van der Waals surface area contributed by atoms with Crippen molar-refractivity contribution in [1.29, 1.82) is 0 Å². The number of halogens is 1. The van der Waals surface area contributed by atoms with Gasteiger partial charge < -0.3 is 4.74 Å². The van der Waals surface area contributed by atoms with Crippen molar-refractivity contribution < 1.29 is 4.74 Å². The van der Waals surface area contributed by atoms with Crippen LogP contribution in [-0.4, -0.2) is 16.2 Å². The summed E-state index contributed by atoms with van der Waals surface area (Å²) in [6.45, 7) is 5.80. The van der Waals surface area contributed by atoms with Gasteiger partial charge in [-0.25, -0.2) is 4.79 Å². The van der Waals surface area contributed by atoms with Gasteiger partial charge in [0.2, 0.25) is 0 Å². The Morgan fingerprint density at radius 3 is 2.81 bits per heavy atom. The summed E-state index contributed by atoms with van der Waals surface area (Å²) in [6, 6.07) is 0. The molecule has 6 heteroatoms. The molecule has 0 bridgehead atoms. The Labute approximate surface area is 97.3 Å². The molecule has 5 nitrogen and oxygen atoms in total. The first-order valence-corrected chi connectivity index (χ1v) is 5.19. The first-order valence-electron chi connectivity index (χ1n) is 4.82. The molecule has 0 saturated carbocycles. The van der Waals surface area contributed by atoms with Gasteiger partial charge in [0.1, 0.15) is 11.9 Å². The zero-order chi connectivity index (χ0) is 12.1. The van der Waals surface area contributed by atoms with Crippen molar-refractivity contribution in [3.05, 3.63) is 44.2 Å². The molecule has 0 saturated heterocycles. The Kier molecular flexibility index (Phi) is 4.52. The summed E-state index contributed by atoms with van der Waals surface area (Å²) in [5, 5.41) is 0.0992. The van der Waals surface area contributed by atoms with E-state index >= 15 is 0 Å². The smallest absolute Gasteiger partial charge is 0.331 e. The van der Waals surface area contributed by atoms with Gasteiger partial charge in [-0.05, 0) is 13.3 Å². The topological polar surface area (TPSA) is 64.1 Å². The number of rotatable bonds is 5. The number of nitrogens with zero attached hydrogens (tertiary/aromatic N) is 1. The molecule has 0 spiro atoms. The first-order chi connectivity index (χ1) is 7.61. The fraction of sp³-hybridized carbons (Fsp3) is 0.400. The van der Waals surface area contributed by atoms with Crippen molar-refractivity contribution >= 4 is 11.6 Å². The van der Waals surface area contributed by atoms with E-state index in [1.165, 1.54) is 4.57 Å². The van der Waals surface area contributed by atoms with Crippen molar-refractivity contribution in [3.8, 4) is 0 Å². The van der Waals surface area contributed by atoms with Crippen molar-refractivity contribution in [1.82, 2.24) is 9.55 Å². The van der Waals surface area contributed by atoms with Gasteiger partial charge in [0, 0.05) is 6.61 Å². The normalized spacial score (nSPS) is 10.4. The van der Waals surface area contributed by atoms with E-state index in [0.29, 0.717) is 18.6 Å². The second-order valence-electron chi connectivity index (χ2n) is 3.07. The van der Waals surface area contributed by atoms with Crippen LogP contribution in [0.1, 0.15) is 12.5 Å². The zero-order valence-corrected chi connectivity index (χ0v) is 9.71. The average Bonchev–Trinajstić information content (AvgIpc) is 2.24. The van der Waals surface area contributed by atoms with Crippen LogP contribution in [0, 0.1) is 0 Å². The third-order valence-electron chi connectivity index (χ3n) is 2.00. The van der Waals surface area contributed by atoms with Crippen LogP contribution >= 0.6 is 11.6 Å². The minimum atomic E-state index is -0.573. The molecule has 1 aromatic heterocycles. The highest BCUT2D eigenvalue weighted by molar-refractivity contribution is 6.30. The van der Waals surface area contributed by atoms with E-state index in [1.54, 1.807) is 13.0 Å². The number of aromatic nitrogens is 2. The lowest BCUT2D eigenvalue weighted by molar-refractivity contribution is 0.0843. The monoisotopic (exact) mass is 244 g/mol. The first kappa shape index (κ1) is 12.7. The van der Waals surface area contributed by atoms with E-state index < -0.39 is 11.2 Å². The van der Waals surface area contributed by atoms with E-state index in [-0.39, 0.29) is 11.9 Å². The molecule has 0 atom stereocenters. The van der Waals surface area contributed by atoms with Gasteiger partial charge in [-0.1, -0.05) is 17.7 Å². The van der Waals surface area contributed by atoms with Crippen LogP contribution < -0.4 is 11.2 Å². The lowest BCUT2D eigenvalue weighted by atomic mass is 10.2. The van der Waals surface area contributed by atoms with Crippen LogP contribution in [-0.2, 0) is 17.9 Å². The molecule has 0 aromatic carbocycles. The van der Waals surface area contributed by atoms with Crippen molar-refractivity contribution in [2.24, 2.45) is 0 Å². The SMILES string of the molecule is C=CCc1c(Cl)n(COCC)c(=O)[nH]c1=O. The van der Waals surface area contributed by atoms with Gasteiger partial charge in [0.15, 0.2) is 0 Å². The molecule has 0 aliphatic heterocycles. The van der Waals surface area contributed by atoms with Gasteiger partial charge in [-0.3, -0.25) is 14.3 Å². The standard InChI is InChI=1S/C10H13ClN2O3/c1-3-5-7-8(11)13(6-16-4-2)10(15)12-9(7)14/h3H,1,4-6H2,2H3,(H,12,14,15). The summed E-state index contributed by atoms with van der Waals surface area (Å²) in [7, 11) is 0. The molecule has 0 fully saturated rings. The predicted octanol–water partition coefficient (Wildman–Crippen LogP) is 0.912. The predicted molar refractivity (Wildman–Crippen MR) is 61.9 cm³/mol. The van der Waals surface area contributed by atoms with Gasteiger partial charge in [-0.15, -0.1) is 6.58 Å². The average molecular weight is 245 g/mol. The van der Waals surface area contributed by atoms with Crippen LogP contribution in [0.3, 0.4) is 0 Å². The highest BCUT2D eigenvalue weighted by Gasteiger charge is 2.11. The van der Waals surface area contributed by atoms with E-state index in [2.05, 4.69) is 11.6 Å². The molecule has 16 heavy (non-hydrogen) atoms. The Hall–Kier alpha value is -1.33. The minimum Gasteiger partial charge on any atom is -0.361 e. The highest BCUT2D eigenvalue weighted by Crippen LogP contribution is 2.10. The summed E-state index contributed by atoms with van der Waals surface area (Å²) in [4.78, 5) is 25.1. The summed E-state index contributed by atoms with van der Waals surface area (Å²) < 4.78 is 6.26. The molecular weight excluding hydrogens is 232 g/mol. The molecule has 0 amide bonds. The maximum Gasteiger partial charge on any atom is 0.331 e. The van der Waals surface area contributed by atoms with Crippen LogP contribution in [0.5, 0.6) is 0 Å². The van der Waals surface area contributed by atoms with Crippen LogP contribution in [0.25, 0.3) is 0 Å². The van der Waals surface area contributed by atoms with E-state index in [0.717, 1.165) is 0 Å². The van der Waals surface area contributed by atoms with E-state index in [9.17, 15) is 9.59 Å². The third kappa shape index (κ3) is 2.62. The molecule has 88 valence electrons. The molecule has 1 aromatic rings. The number of nitrogens with one attached hydrogen (secondary N) is 1. The second kappa shape index (κ2) is 5.67. The molecule has 1 rings (SSSR count). The Morgan fingerprint density at radius 1 is 1.56 bits per heavy atom. The zero-order valence-electron chi connectivity index (χ0n) is 8.96. The maximum atomic E-state index is 11.4. The van der Waals surface area contributed by atoms with Gasteiger partial charge >= 0.3 is 5.69 Å². The quantitative estimate of drug-likeness (QED) is 0.619. The van der Waals surface area contributed by atoms with Gasteiger partial charge in [0.25, 0.3) is 5.56 Å². The number of hydrogen-bond acceptors (Lipinski definition) is 3. The fourth-order valence-corrected chi connectivity index (χ4v) is 1.49. The molecule has 1 N–H and O–H groups in total. The van der Waals surface area contributed by atoms with Crippen molar-refractivity contribution in [2.45, 2.75) is 20.1 Å². The fourth-order valence-electron chi connectivity index (χ4n) is 1.20. The Balaban J connectivity index is 3.27. The molecule has 0 unspecified atom stereocenters. The Morgan fingerprint density at radius 2 is 2.25 bits per heavy atom. The van der Waals surface area contributed by atoms with Crippen molar-refractivity contribution in [2.75, 3.05) is 6.61 Å². The second-order valence-corrected chi connectivity index (χ2v) is 3.43. The number of ether oxygens (including phenoxy) is 1. The van der Waals surface area contributed by atoms with E-state index in [1.807, 2.05) is 0 Å². The highest BCUT2D eigenvalue weighted by atomic mass is 35.5. The summed E-state index contributed by atoms with van der Waals surface area (Å²) in [5.74, 6) is 0. The summed E-state index contributed by atoms with van der Waals surface area (Å²) in [6.07, 6.45) is 1.85. The molecule has 0 radical (unpaired) electrons. The van der Waals surface area contributed by atoms with Gasteiger partial charge in [0.05, 0.1) is 5.56 Å². The number of H-pyrrole nitrogens is 1. The number of hydrogen-bond donors (Lipinski definition) is 1. The van der Waals surface area contributed by atoms with Gasteiger partial charge in [-0.2, -0.15) is 0 Å². The lowest BCUT2D eigenvalue weighted by Crippen LogP contribution is -2.33. The molecule has 1 heterocycles. The number of aromatic amines is 1. The summed E-state index contributed by atoms with van der Waals surface area (Å²) in [5.41, 5.74) is -0.741. The largest absolute Gasteiger partial charge is 0.361 e.